The Morgan fingerprint density at radius 1 is 1.10 bits per heavy atom. The minimum absolute atomic E-state index is 0.0928. The first-order valence-corrected chi connectivity index (χ1v) is 10.7. The maximum absolute atomic E-state index is 12.3. The molecule has 0 saturated carbocycles. The molecule has 0 aliphatic rings. The number of nitrogens with zero attached hydrogens (tertiary/aromatic N) is 3. The van der Waals surface area contributed by atoms with Gasteiger partial charge in [0.15, 0.2) is 0 Å². The van der Waals surface area contributed by atoms with Gasteiger partial charge in [-0.25, -0.2) is 0 Å². The summed E-state index contributed by atoms with van der Waals surface area (Å²) in [7, 11) is 0. The first-order valence-electron chi connectivity index (χ1n) is 10.7. The molecule has 3 rings (SSSR count). The lowest BCUT2D eigenvalue weighted by Gasteiger charge is -2.27. The van der Waals surface area contributed by atoms with Crippen LogP contribution in [0.15, 0.2) is 53.1 Å². The summed E-state index contributed by atoms with van der Waals surface area (Å²) in [5.41, 5.74) is 2.75. The van der Waals surface area contributed by atoms with Crippen molar-refractivity contribution in [2.45, 2.75) is 46.6 Å². The second-order valence-electron chi connectivity index (χ2n) is 7.44. The summed E-state index contributed by atoms with van der Waals surface area (Å²) in [5, 5.41) is 6.93. The Labute approximate surface area is 183 Å². The van der Waals surface area contributed by atoms with Gasteiger partial charge >= 0.3 is 0 Å². The molecule has 0 saturated heterocycles. The molecular formula is C24H30N4O3. The van der Waals surface area contributed by atoms with Crippen molar-refractivity contribution in [2.75, 3.05) is 23.4 Å². The van der Waals surface area contributed by atoms with Crippen LogP contribution < -0.4 is 15.0 Å². The van der Waals surface area contributed by atoms with Crippen molar-refractivity contribution in [3.63, 3.8) is 0 Å². The largest absolute Gasteiger partial charge is 0.494 e. The number of ether oxygens (including phenoxy) is 1. The second-order valence-corrected chi connectivity index (χ2v) is 7.44. The molecule has 31 heavy (non-hydrogen) atoms. The molecule has 1 amide bonds. The molecule has 0 aliphatic carbocycles. The Morgan fingerprint density at radius 2 is 1.81 bits per heavy atom. The summed E-state index contributed by atoms with van der Waals surface area (Å²) < 4.78 is 10.7. The zero-order chi connectivity index (χ0) is 22.2. The van der Waals surface area contributed by atoms with Crippen molar-refractivity contribution in [1.82, 2.24) is 10.1 Å². The number of anilines is 2. The van der Waals surface area contributed by atoms with Crippen molar-refractivity contribution in [3.8, 4) is 17.1 Å². The quantitative estimate of drug-likeness (QED) is 0.498. The number of aryl methyl sites for hydroxylation is 1. The molecule has 1 aromatic heterocycles. The van der Waals surface area contributed by atoms with Crippen LogP contribution in [-0.2, 0) is 11.2 Å². The topological polar surface area (TPSA) is 80.5 Å². The smallest absolute Gasteiger partial charge is 0.227 e. The molecule has 0 atom stereocenters. The summed E-state index contributed by atoms with van der Waals surface area (Å²) in [6, 6.07) is 15.8. The molecule has 2 aromatic carbocycles. The Balaban J connectivity index is 1.52. The number of aromatic nitrogens is 2. The lowest BCUT2D eigenvalue weighted by Crippen LogP contribution is -2.30. The number of benzene rings is 2. The van der Waals surface area contributed by atoms with E-state index in [1.54, 1.807) is 0 Å². The minimum Gasteiger partial charge on any atom is -0.494 e. The Bertz CT molecular complexity index is 965. The highest BCUT2D eigenvalue weighted by atomic mass is 16.5. The molecule has 1 N–H and O–H groups in total. The molecule has 3 aromatic rings. The van der Waals surface area contributed by atoms with Gasteiger partial charge in [-0.3, -0.25) is 4.79 Å². The number of rotatable bonds is 10. The summed E-state index contributed by atoms with van der Waals surface area (Å²) in [4.78, 5) is 19.0. The zero-order valence-corrected chi connectivity index (χ0v) is 18.6. The molecule has 0 radical (unpaired) electrons. The van der Waals surface area contributed by atoms with Crippen molar-refractivity contribution in [2.24, 2.45) is 0 Å². The van der Waals surface area contributed by atoms with Gasteiger partial charge in [-0.1, -0.05) is 5.16 Å². The van der Waals surface area contributed by atoms with E-state index in [4.69, 9.17) is 9.26 Å². The van der Waals surface area contributed by atoms with Crippen LogP contribution in [0.2, 0.25) is 0 Å². The molecule has 0 spiro atoms. The fourth-order valence-corrected chi connectivity index (χ4v) is 3.37. The Hall–Kier alpha value is -3.35. The number of nitrogens with one attached hydrogen (secondary N) is 1. The Morgan fingerprint density at radius 3 is 2.42 bits per heavy atom. The molecule has 7 heteroatoms. The third-order valence-electron chi connectivity index (χ3n) is 4.90. The third kappa shape index (κ3) is 6.07. The molecule has 1 heterocycles. The van der Waals surface area contributed by atoms with E-state index in [1.165, 1.54) is 0 Å². The highest BCUT2D eigenvalue weighted by Crippen LogP contribution is 2.21. The fraction of sp³-hybridized carbons (Fsp3) is 0.375. The third-order valence-corrected chi connectivity index (χ3v) is 4.90. The van der Waals surface area contributed by atoms with Gasteiger partial charge in [0.25, 0.3) is 0 Å². The fourth-order valence-electron chi connectivity index (χ4n) is 3.37. The maximum Gasteiger partial charge on any atom is 0.227 e. The molecule has 0 bridgehead atoms. The number of hydrogen-bond donors (Lipinski definition) is 1. The molecule has 164 valence electrons. The van der Waals surface area contributed by atoms with Crippen molar-refractivity contribution < 1.29 is 14.1 Å². The average molecular weight is 423 g/mol. The van der Waals surface area contributed by atoms with Gasteiger partial charge in [-0.2, -0.15) is 4.98 Å². The highest BCUT2D eigenvalue weighted by Gasteiger charge is 2.12. The van der Waals surface area contributed by atoms with Crippen LogP contribution in [0.5, 0.6) is 5.75 Å². The standard InChI is InChI=1S/C24H30N4O3/c1-5-28(17(3)4)20-11-9-19(10-12-20)25-22(29)15-16-23-26-24(27-31-23)18-7-13-21(14-8-18)30-6-2/h7-14,17H,5-6,15-16H2,1-4H3,(H,25,29). The number of carbonyl (C=O) groups excluding carboxylic acids is 1. The minimum atomic E-state index is -0.0928. The number of carbonyl (C=O) groups is 1. The molecule has 0 aliphatic heterocycles. The van der Waals surface area contributed by atoms with E-state index in [0.29, 0.717) is 30.8 Å². The van der Waals surface area contributed by atoms with E-state index in [1.807, 2.05) is 55.5 Å². The van der Waals surface area contributed by atoms with Gasteiger partial charge in [0.2, 0.25) is 17.6 Å². The van der Waals surface area contributed by atoms with E-state index >= 15 is 0 Å². The lowest BCUT2D eigenvalue weighted by molar-refractivity contribution is -0.116. The normalized spacial score (nSPS) is 10.9. The van der Waals surface area contributed by atoms with E-state index in [0.717, 1.165) is 29.2 Å². The van der Waals surface area contributed by atoms with Crippen LogP contribution in [0.4, 0.5) is 11.4 Å². The summed E-state index contributed by atoms with van der Waals surface area (Å²) in [5.74, 6) is 1.64. The van der Waals surface area contributed by atoms with Crippen LogP contribution in [-0.4, -0.2) is 35.2 Å². The monoisotopic (exact) mass is 422 g/mol. The van der Waals surface area contributed by atoms with E-state index in [9.17, 15) is 4.79 Å². The van der Waals surface area contributed by atoms with Crippen molar-refractivity contribution in [1.29, 1.82) is 0 Å². The first kappa shape index (κ1) is 22.3. The van der Waals surface area contributed by atoms with E-state index in [-0.39, 0.29) is 12.3 Å². The van der Waals surface area contributed by atoms with Gasteiger partial charge in [0.1, 0.15) is 5.75 Å². The van der Waals surface area contributed by atoms with Gasteiger partial charge in [-0.05, 0) is 76.2 Å². The molecular weight excluding hydrogens is 392 g/mol. The van der Waals surface area contributed by atoms with Gasteiger partial charge in [0.05, 0.1) is 6.61 Å². The predicted molar refractivity (Wildman–Crippen MR) is 122 cm³/mol. The van der Waals surface area contributed by atoms with E-state index < -0.39 is 0 Å². The van der Waals surface area contributed by atoms with Crippen LogP contribution in [0.25, 0.3) is 11.4 Å². The summed E-state index contributed by atoms with van der Waals surface area (Å²) in [6.45, 7) is 9.96. The van der Waals surface area contributed by atoms with Crippen LogP contribution in [0, 0.1) is 0 Å². The van der Waals surface area contributed by atoms with Crippen LogP contribution in [0.1, 0.15) is 40.0 Å². The maximum atomic E-state index is 12.3. The van der Waals surface area contributed by atoms with Gasteiger partial charge in [0, 0.05) is 42.4 Å². The van der Waals surface area contributed by atoms with Crippen LogP contribution >= 0.6 is 0 Å². The SMILES string of the molecule is CCOc1ccc(-c2noc(CCC(=O)Nc3ccc(N(CC)C(C)C)cc3)n2)cc1. The number of amides is 1. The molecule has 0 fully saturated rings. The van der Waals surface area contributed by atoms with Gasteiger partial charge in [-0.15, -0.1) is 0 Å². The van der Waals surface area contributed by atoms with Crippen LogP contribution in [0.3, 0.4) is 0 Å². The highest BCUT2D eigenvalue weighted by molar-refractivity contribution is 5.91. The van der Waals surface area contributed by atoms with Crippen molar-refractivity contribution >= 4 is 17.3 Å². The molecule has 7 nitrogen and oxygen atoms in total. The van der Waals surface area contributed by atoms with Gasteiger partial charge < -0.3 is 19.5 Å². The summed E-state index contributed by atoms with van der Waals surface area (Å²) in [6.07, 6.45) is 0.644. The first-order chi connectivity index (χ1) is 15.0. The van der Waals surface area contributed by atoms with Crippen molar-refractivity contribution in [3.05, 3.63) is 54.4 Å². The summed E-state index contributed by atoms with van der Waals surface area (Å²) >= 11 is 0. The lowest BCUT2D eigenvalue weighted by atomic mass is 10.2. The zero-order valence-electron chi connectivity index (χ0n) is 18.6. The van der Waals surface area contributed by atoms with E-state index in [2.05, 4.69) is 41.1 Å². The second kappa shape index (κ2) is 10.6. The number of hydrogen-bond acceptors (Lipinski definition) is 6. The average Bonchev–Trinajstić information content (AvgIpc) is 3.24. The molecule has 0 unspecified atom stereocenters. The Kier molecular flexibility index (Phi) is 7.65. The predicted octanol–water partition coefficient (Wildman–Crippen LogP) is 4.94.